The first-order valence-electron chi connectivity index (χ1n) is 12.8. The van der Waals surface area contributed by atoms with Gasteiger partial charge in [0.15, 0.2) is 12.4 Å². The van der Waals surface area contributed by atoms with Gasteiger partial charge < -0.3 is 14.4 Å². The van der Waals surface area contributed by atoms with Gasteiger partial charge in [0.25, 0.3) is 0 Å². The third kappa shape index (κ3) is 5.14. The molecule has 1 aromatic carbocycles. The highest BCUT2D eigenvalue weighted by atomic mass is 19.4. The molecule has 1 amide bonds. The molecule has 1 aliphatic heterocycles. The second-order valence-electron chi connectivity index (χ2n) is 10.1. The number of benzene rings is 1. The Hall–Kier alpha value is -3.40. The van der Waals surface area contributed by atoms with Gasteiger partial charge >= 0.3 is 6.18 Å². The standard InChI is InChI=1S/C28H31F3N4O3/c1-5-37-15-38-23-12-19(28(29,30)31)10-17(4)25(23)22-9-8-21-26(16(2)3)35(33-27(21)32-22)14-18-11-24(36)34(13-18)20-6-7-20/h8-10,12,18,20H,2,5-7,11,13-15H2,1,3-4H3/t18-/m0/s1. The molecule has 1 saturated heterocycles. The Kier molecular flexibility index (Phi) is 6.94. The molecular formula is C28H31F3N4O3. The molecule has 0 unspecified atom stereocenters. The summed E-state index contributed by atoms with van der Waals surface area (Å²) in [4.78, 5) is 19.2. The van der Waals surface area contributed by atoms with Crippen molar-refractivity contribution in [1.82, 2.24) is 19.7 Å². The van der Waals surface area contributed by atoms with Gasteiger partial charge in [-0.25, -0.2) is 4.98 Å². The van der Waals surface area contributed by atoms with Crippen LogP contribution in [0.1, 0.15) is 49.9 Å². The van der Waals surface area contributed by atoms with Crippen LogP contribution in [0.2, 0.25) is 0 Å². The zero-order valence-electron chi connectivity index (χ0n) is 21.8. The van der Waals surface area contributed by atoms with E-state index in [0.29, 0.717) is 48.1 Å². The summed E-state index contributed by atoms with van der Waals surface area (Å²) in [7, 11) is 0. The topological polar surface area (TPSA) is 69.5 Å². The van der Waals surface area contributed by atoms with E-state index in [0.717, 1.165) is 48.2 Å². The molecule has 0 bridgehead atoms. The number of likely N-dealkylation sites (tertiary alicyclic amines) is 1. The lowest BCUT2D eigenvalue weighted by molar-refractivity contribution is -0.137. The Bertz CT molecular complexity index is 1390. The van der Waals surface area contributed by atoms with Crippen LogP contribution in [0.15, 0.2) is 30.8 Å². The van der Waals surface area contributed by atoms with E-state index in [4.69, 9.17) is 19.6 Å². The number of pyridine rings is 1. The van der Waals surface area contributed by atoms with Crippen molar-refractivity contribution in [2.24, 2.45) is 5.92 Å². The maximum absolute atomic E-state index is 13.5. The van der Waals surface area contributed by atoms with Crippen LogP contribution < -0.4 is 4.74 Å². The van der Waals surface area contributed by atoms with Crippen LogP contribution in [0, 0.1) is 12.8 Å². The van der Waals surface area contributed by atoms with E-state index < -0.39 is 11.7 Å². The summed E-state index contributed by atoms with van der Waals surface area (Å²) in [5.74, 6) is 0.386. The normalized spacial score (nSPS) is 18.0. The maximum atomic E-state index is 13.5. The zero-order valence-corrected chi connectivity index (χ0v) is 21.8. The Morgan fingerprint density at radius 2 is 2.00 bits per heavy atom. The van der Waals surface area contributed by atoms with Crippen molar-refractivity contribution in [2.75, 3.05) is 19.9 Å². The minimum Gasteiger partial charge on any atom is -0.467 e. The van der Waals surface area contributed by atoms with Crippen molar-refractivity contribution in [3.05, 3.63) is 47.7 Å². The van der Waals surface area contributed by atoms with Crippen molar-refractivity contribution >= 4 is 22.5 Å². The molecule has 1 atom stereocenters. The highest BCUT2D eigenvalue weighted by molar-refractivity contribution is 5.89. The molecule has 2 aliphatic rings. The van der Waals surface area contributed by atoms with Crippen LogP contribution in [-0.4, -0.2) is 51.6 Å². The Morgan fingerprint density at radius 1 is 1.24 bits per heavy atom. The summed E-state index contributed by atoms with van der Waals surface area (Å²) in [5, 5.41) is 5.55. The van der Waals surface area contributed by atoms with Gasteiger partial charge in [0.2, 0.25) is 5.91 Å². The number of aryl methyl sites for hydroxylation is 1. The van der Waals surface area contributed by atoms with Gasteiger partial charge in [-0.3, -0.25) is 9.48 Å². The number of rotatable bonds is 9. The predicted molar refractivity (Wildman–Crippen MR) is 137 cm³/mol. The number of hydrogen-bond donors (Lipinski definition) is 0. The number of halogens is 3. The molecule has 3 heterocycles. The lowest BCUT2D eigenvalue weighted by Crippen LogP contribution is -2.27. The number of nitrogens with zero attached hydrogens (tertiary/aromatic N) is 4. The molecule has 10 heteroatoms. The molecule has 0 spiro atoms. The van der Waals surface area contributed by atoms with Crippen molar-refractivity contribution in [1.29, 1.82) is 0 Å². The van der Waals surface area contributed by atoms with Crippen LogP contribution in [0.3, 0.4) is 0 Å². The van der Waals surface area contributed by atoms with E-state index in [9.17, 15) is 18.0 Å². The average Bonchev–Trinajstić information content (AvgIpc) is 3.52. The van der Waals surface area contributed by atoms with E-state index in [1.54, 1.807) is 19.9 Å². The summed E-state index contributed by atoms with van der Waals surface area (Å²) in [6.07, 6.45) is -1.87. The van der Waals surface area contributed by atoms with Crippen LogP contribution >= 0.6 is 0 Å². The molecule has 0 radical (unpaired) electrons. The molecule has 2 aromatic heterocycles. The van der Waals surface area contributed by atoms with Gasteiger partial charge in [-0.1, -0.05) is 6.58 Å². The Balaban J connectivity index is 1.52. The smallest absolute Gasteiger partial charge is 0.416 e. The Labute approximate surface area is 219 Å². The number of amides is 1. The van der Waals surface area contributed by atoms with Gasteiger partial charge in [-0.15, -0.1) is 0 Å². The SMILES string of the molecule is C=C(C)c1c2ccc(-c3c(C)cc(C(F)(F)F)cc3OCOCC)nc2nn1C[C@H]1CC(=O)N(C2CC2)C1. The highest BCUT2D eigenvalue weighted by Gasteiger charge is 2.39. The molecule has 5 rings (SSSR count). The van der Waals surface area contributed by atoms with E-state index in [2.05, 4.69) is 6.58 Å². The number of fused-ring (bicyclic) bond motifs is 1. The fourth-order valence-electron chi connectivity index (χ4n) is 5.20. The molecule has 1 aliphatic carbocycles. The molecule has 3 aromatic rings. The number of hydrogen-bond acceptors (Lipinski definition) is 5. The van der Waals surface area contributed by atoms with E-state index in [1.165, 1.54) is 0 Å². The van der Waals surface area contributed by atoms with Crippen LogP contribution in [0.25, 0.3) is 27.9 Å². The second-order valence-corrected chi connectivity index (χ2v) is 10.1. The Morgan fingerprint density at radius 3 is 2.66 bits per heavy atom. The van der Waals surface area contributed by atoms with Crippen LogP contribution in [0.5, 0.6) is 5.75 Å². The summed E-state index contributed by atoms with van der Waals surface area (Å²) in [5.41, 5.74) is 2.59. The number of carbonyl (C=O) groups excluding carboxylic acids is 1. The third-order valence-electron chi connectivity index (χ3n) is 7.05. The summed E-state index contributed by atoms with van der Waals surface area (Å²) < 4.78 is 53.3. The largest absolute Gasteiger partial charge is 0.467 e. The minimum atomic E-state index is -4.52. The molecule has 2 fully saturated rings. The first kappa shape index (κ1) is 26.2. The predicted octanol–water partition coefficient (Wildman–Crippen LogP) is 5.84. The number of ether oxygens (including phenoxy) is 2. The number of alkyl halides is 3. The third-order valence-corrected chi connectivity index (χ3v) is 7.05. The van der Waals surface area contributed by atoms with E-state index in [1.807, 2.05) is 22.6 Å². The molecule has 38 heavy (non-hydrogen) atoms. The van der Waals surface area contributed by atoms with Gasteiger partial charge in [0.05, 0.1) is 17.0 Å². The van der Waals surface area contributed by atoms with Crippen molar-refractivity contribution in [3.63, 3.8) is 0 Å². The van der Waals surface area contributed by atoms with Gasteiger partial charge in [0, 0.05) is 49.0 Å². The number of allylic oxidation sites excluding steroid dienone is 1. The highest BCUT2D eigenvalue weighted by Crippen LogP contribution is 2.40. The molecule has 0 N–H and O–H groups in total. The monoisotopic (exact) mass is 528 g/mol. The second kappa shape index (κ2) is 10.1. The number of aromatic nitrogens is 3. The number of carbonyl (C=O) groups is 1. The fourth-order valence-corrected chi connectivity index (χ4v) is 5.20. The fraction of sp³-hybridized carbons (Fsp3) is 0.464. The van der Waals surface area contributed by atoms with Crippen molar-refractivity contribution < 1.29 is 27.4 Å². The van der Waals surface area contributed by atoms with Gasteiger partial charge in [-0.2, -0.15) is 18.3 Å². The zero-order chi connectivity index (χ0) is 27.2. The lowest BCUT2D eigenvalue weighted by atomic mass is 9.99. The van der Waals surface area contributed by atoms with Crippen LogP contribution in [-0.2, 0) is 22.3 Å². The van der Waals surface area contributed by atoms with Crippen molar-refractivity contribution in [2.45, 2.75) is 58.8 Å². The molecule has 7 nitrogen and oxygen atoms in total. The molecule has 1 saturated carbocycles. The first-order valence-corrected chi connectivity index (χ1v) is 12.8. The maximum Gasteiger partial charge on any atom is 0.416 e. The summed E-state index contributed by atoms with van der Waals surface area (Å²) in [6, 6.07) is 6.09. The minimum absolute atomic E-state index is 0.0433. The van der Waals surface area contributed by atoms with Gasteiger partial charge in [0.1, 0.15) is 5.75 Å². The van der Waals surface area contributed by atoms with E-state index >= 15 is 0 Å². The van der Waals surface area contributed by atoms with E-state index in [-0.39, 0.29) is 24.4 Å². The quantitative estimate of drug-likeness (QED) is 0.258. The summed E-state index contributed by atoms with van der Waals surface area (Å²) >= 11 is 0. The molecule has 202 valence electrons. The van der Waals surface area contributed by atoms with Gasteiger partial charge in [-0.05, 0) is 69.0 Å². The summed E-state index contributed by atoms with van der Waals surface area (Å²) in [6.45, 7) is 10.9. The first-order chi connectivity index (χ1) is 18.1. The average molecular weight is 529 g/mol. The van der Waals surface area contributed by atoms with Crippen molar-refractivity contribution in [3.8, 4) is 17.0 Å². The lowest BCUT2D eigenvalue weighted by Gasteiger charge is -2.17. The van der Waals surface area contributed by atoms with Crippen LogP contribution in [0.4, 0.5) is 13.2 Å². The molecular weight excluding hydrogens is 497 g/mol.